The van der Waals surface area contributed by atoms with Crippen LogP contribution in [0.3, 0.4) is 0 Å². The summed E-state index contributed by atoms with van der Waals surface area (Å²) in [6, 6.07) is 5.05. The zero-order chi connectivity index (χ0) is 13.2. The smallest absolute Gasteiger partial charge is 0.0995 e. The fourth-order valence-corrected chi connectivity index (χ4v) is 2.87. The molecule has 1 aliphatic rings. The van der Waals surface area contributed by atoms with E-state index in [4.69, 9.17) is 0 Å². The average molecular weight is 256 g/mol. The van der Waals surface area contributed by atoms with Gasteiger partial charge in [-0.3, -0.25) is 9.55 Å². The summed E-state index contributed by atoms with van der Waals surface area (Å²) >= 11 is 0. The van der Waals surface area contributed by atoms with Crippen LogP contribution < -0.4 is 5.32 Å². The molecule has 2 unspecified atom stereocenters. The van der Waals surface area contributed by atoms with E-state index in [9.17, 15) is 0 Å². The number of aryl methyl sites for hydroxylation is 1. The average Bonchev–Trinajstić information content (AvgIpc) is 2.88. The van der Waals surface area contributed by atoms with Crippen LogP contribution in [0.4, 0.5) is 0 Å². The molecule has 100 valence electrons. The molecule has 19 heavy (non-hydrogen) atoms. The fourth-order valence-electron chi connectivity index (χ4n) is 2.87. The lowest BCUT2D eigenvalue weighted by Crippen LogP contribution is -2.35. The second-order valence-electron chi connectivity index (χ2n) is 5.35. The van der Waals surface area contributed by atoms with Gasteiger partial charge in [-0.05, 0) is 45.2 Å². The fraction of sp³-hybridized carbons (Fsp3) is 0.467. The molecule has 3 heterocycles. The molecule has 4 heteroatoms. The summed E-state index contributed by atoms with van der Waals surface area (Å²) < 4.78 is 2.16. The van der Waals surface area contributed by atoms with Gasteiger partial charge in [0.1, 0.15) is 0 Å². The van der Waals surface area contributed by atoms with Crippen molar-refractivity contribution in [3.8, 4) is 5.69 Å². The van der Waals surface area contributed by atoms with E-state index in [0.29, 0.717) is 12.1 Å². The summed E-state index contributed by atoms with van der Waals surface area (Å²) in [7, 11) is 0. The number of piperidine rings is 1. The van der Waals surface area contributed by atoms with Crippen molar-refractivity contribution in [2.75, 3.05) is 0 Å². The molecule has 0 bridgehead atoms. The monoisotopic (exact) mass is 256 g/mol. The molecule has 2 atom stereocenters. The highest BCUT2D eigenvalue weighted by Crippen LogP contribution is 2.27. The SMILES string of the molecule is Cc1ncccc1-n1cncc1C1CCCC(C)N1. The third kappa shape index (κ3) is 2.40. The van der Waals surface area contributed by atoms with E-state index >= 15 is 0 Å². The van der Waals surface area contributed by atoms with Crippen molar-refractivity contribution in [3.63, 3.8) is 0 Å². The Kier molecular flexibility index (Phi) is 3.34. The molecule has 1 fully saturated rings. The van der Waals surface area contributed by atoms with Crippen LogP contribution in [0, 0.1) is 6.92 Å². The Hall–Kier alpha value is -1.68. The number of hydrogen-bond donors (Lipinski definition) is 1. The molecule has 1 saturated heterocycles. The van der Waals surface area contributed by atoms with Gasteiger partial charge < -0.3 is 5.32 Å². The molecule has 0 aromatic carbocycles. The van der Waals surface area contributed by atoms with Crippen LogP contribution in [0.5, 0.6) is 0 Å². The quantitative estimate of drug-likeness (QED) is 0.898. The Labute approximate surface area is 113 Å². The first-order valence-corrected chi connectivity index (χ1v) is 6.96. The summed E-state index contributed by atoms with van der Waals surface area (Å²) in [5.74, 6) is 0. The number of aromatic nitrogens is 3. The molecule has 1 aliphatic heterocycles. The van der Waals surface area contributed by atoms with E-state index < -0.39 is 0 Å². The normalized spacial score (nSPS) is 23.5. The maximum absolute atomic E-state index is 4.37. The lowest BCUT2D eigenvalue weighted by molar-refractivity contribution is 0.334. The highest BCUT2D eigenvalue weighted by molar-refractivity contribution is 5.37. The number of nitrogens with zero attached hydrogens (tertiary/aromatic N) is 3. The zero-order valence-corrected chi connectivity index (χ0v) is 11.5. The van der Waals surface area contributed by atoms with E-state index in [1.165, 1.54) is 25.0 Å². The number of imidazole rings is 1. The Morgan fingerprint density at radius 3 is 3.05 bits per heavy atom. The molecule has 0 saturated carbocycles. The number of nitrogens with one attached hydrogen (secondary N) is 1. The Morgan fingerprint density at radius 1 is 1.37 bits per heavy atom. The molecule has 4 nitrogen and oxygen atoms in total. The second-order valence-corrected chi connectivity index (χ2v) is 5.35. The van der Waals surface area contributed by atoms with Gasteiger partial charge >= 0.3 is 0 Å². The minimum absolute atomic E-state index is 0.394. The molecule has 0 spiro atoms. The predicted octanol–water partition coefficient (Wildman–Crippen LogP) is 2.78. The van der Waals surface area contributed by atoms with Crippen molar-refractivity contribution >= 4 is 0 Å². The minimum atomic E-state index is 0.394. The molecule has 2 aromatic rings. The predicted molar refractivity (Wildman–Crippen MR) is 75.3 cm³/mol. The molecule has 0 aliphatic carbocycles. The summed E-state index contributed by atoms with van der Waals surface area (Å²) in [5, 5.41) is 3.67. The van der Waals surface area contributed by atoms with E-state index in [-0.39, 0.29) is 0 Å². The molecule has 0 amide bonds. The van der Waals surface area contributed by atoms with Crippen LogP contribution in [0.2, 0.25) is 0 Å². The summed E-state index contributed by atoms with van der Waals surface area (Å²) in [6.07, 6.45) is 9.40. The van der Waals surface area contributed by atoms with Crippen LogP contribution in [-0.2, 0) is 0 Å². The first-order valence-electron chi connectivity index (χ1n) is 6.96. The number of pyridine rings is 1. The highest BCUT2D eigenvalue weighted by Gasteiger charge is 2.22. The van der Waals surface area contributed by atoms with Gasteiger partial charge in [0, 0.05) is 18.3 Å². The molecule has 2 aromatic heterocycles. The van der Waals surface area contributed by atoms with Gasteiger partial charge in [0.05, 0.1) is 29.6 Å². The largest absolute Gasteiger partial charge is 0.306 e. The van der Waals surface area contributed by atoms with Gasteiger partial charge in [0.2, 0.25) is 0 Å². The molecule has 0 radical (unpaired) electrons. The first kappa shape index (κ1) is 12.4. The van der Waals surface area contributed by atoms with Crippen molar-refractivity contribution in [2.45, 2.75) is 45.2 Å². The second kappa shape index (κ2) is 5.13. The van der Waals surface area contributed by atoms with Crippen LogP contribution in [0.25, 0.3) is 5.69 Å². The first-order chi connectivity index (χ1) is 9.25. The Bertz CT molecular complexity index is 561. The molecule has 3 rings (SSSR count). The Morgan fingerprint density at radius 2 is 2.26 bits per heavy atom. The molecule has 1 N–H and O–H groups in total. The van der Waals surface area contributed by atoms with E-state index in [0.717, 1.165) is 11.4 Å². The number of hydrogen-bond acceptors (Lipinski definition) is 3. The summed E-state index contributed by atoms with van der Waals surface area (Å²) in [6.45, 7) is 4.29. The Balaban J connectivity index is 1.96. The van der Waals surface area contributed by atoms with Crippen LogP contribution >= 0.6 is 0 Å². The van der Waals surface area contributed by atoms with Crippen LogP contribution in [-0.4, -0.2) is 20.6 Å². The highest BCUT2D eigenvalue weighted by atomic mass is 15.1. The van der Waals surface area contributed by atoms with Crippen molar-refractivity contribution in [2.24, 2.45) is 0 Å². The van der Waals surface area contributed by atoms with E-state index in [1.807, 2.05) is 31.7 Å². The zero-order valence-electron chi connectivity index (χ0n) is 11.5. The van der Waals surface area contributed by atoms with E-state index in [1.54, 1.807) is 0 Å². The van der Waals surface area contributed by atoms with Gasteiger partial charge in [-0.15, -0.1) is 0 Å². The lowest BCUT2D eigenvalue weighted by atomic mass is 9.97. The molecular formula is C15H20N4. The van der Waals surface area contributed by atoms with Gasteiger partial charge in [-0.25, -0.2) is 4.98 Å². The van der Waals surface area contributed by atoms with Crippen molar-refractivity contribution < 1.29 is 0 Å². The van der Waals surface area contributed by atoms with Gasteiger partial charge in [-0.2, -0.15) is 0 Å². The number of rotatable bonds is 2. The third-order valence-electron chi connectivity index (χ3n) is 3.88. The van der Waals surface area contributed by atoms with Crippen LogP contribution in [0.15, 0.2) is 30.9 Å². The maximum atomic E-state index is 4.37. The van der Waals surface area contributed by atoms with Gasteiger partial charge in [0.25, 0.3) is 0 Å². The van der Waals surface area contributed by atoms with Crippen molar-refractivity contribution in [3.05, 3.63) is 42.2 Å². The standard InChI is InChI=1S/C15H20N4/c1-11-5-3-6-13(18-11)15-9-16-10-19(15)14-7-4-8-17-12(14)2/h4,7-11,13,18H,3,5-6H2,1-2H3. The van der Waals surface area contributed by atoms with Crippen molar-refractivity contribution in [1.29, 1.82) is 0 Å². The maximum Gasteiger partial charge on any atom is 0.0995 e. The summed E-state index contributed by atoms with van der Waals surface area (Å²) in [5.41, 5.74) is 3.39. The van der Waals surface area contributed by atoms with Gasteiger partial charge in [0.15, 0.2) is 0 Å². The van der Waals surface area contributed by atoms with Crippen molar-refractivity contribution in [1.82, 2.24) is 19.9 Å². The van der Waals surface area contributed by atoms with Crippen LogP contribution in [0.1, 0.15) is 43.6 Å². The molecular weight excluding hydrogens is 236 g/mol. The topological polar surface area (TPSA) is 42.7 Å². The van der Waals surface area contributed by atoms with E-state index in [2.05, 4.69) is 32.8 Å². The summed E-state index contributed by atoms with van der Waals surface area (Å²) in [4.78, 5) is 8.70. The van der Waals surface area contributed by atoms with Gasteiger partial charge in [-0.1, -0.05) is 0 Å². The minimum Gasteiger partial charge on any atom is -0.306 e. The third-order valence-corrected chi connectivity index (χ3v) is 3.88. The lowest BCUT2D eigenvalue weighted by Gasteiger charge is -2.29.